The maximum atomic E-state index is 6.31. The molecule has 0 saturated carbocycles. The van der Waals surface area contributed by atoms with Crippen LogP contribution in [0.25, 0.3) is 11.3 Å². The standard InChI is InChI=1S/C26H27NO3.2C18H15P.2ClH.Pd/c1-25(2)14-18-13-21(28-5)24-19(15-26(3,4)30-24)22(18)23(27-25)17-9-6-8-16(12-17)20-10-7-11-29-20;2*1-4-10-16(11-5-1)19(17-12-6-2-7-13-17)18-14-8-3-9-15-18;;;/h6-13H,14-15H2,1-5H3;2*1-15H;2*1H;/q;;;;;+2/p-2. The van der Waals surface area contributed by atoms with Crippen molar-refractivity contribution in [2.45, 2.75) is 51.7 Å². The van der Waals surface area contributed by atoms with Crippen molar-refractivity contribution < 1.29 is 29.8 Å². The van der Waals surface area contributed by atoms with Crippen LogP contribution in [0.15, 0.2) is 240 Å². The molecule has 0 unspecified atom stereocenters. The second-order valence-electron chi connectivity index (χ2n) is 18.2. The number of hydrogen-bond acceptors (Lipinski definition) is 4. The fourth-order valence-electron chi connectivity index (χ4n) is 9.05. The zero-order chi connectivity index (χ0) is 49.6. The summed E-state index contributed by atoms with van der Waals surface area (Å²) in [6.07, 6.45) is 3.41. The van der Waals surface area contributed by atoms with E-state index in [0.29, 0.717) is 0 Å². The van der Waals surface area contributed by atoms with Crippen molar-refractivity contribution in [2.24, 2.45) is 4.99 Å². The molecule has 2 aliphatic rings. The smallest absolute Gasteiger partial charge is 0.0134 e. The Morgan fingerprint density at radius 1 is 0.507 bits per heavy atom. The van der Waals surface area contributed by atoms with Gasteiger partial charge in [-0.15, -0.1) is 0 Å². The Bertz CT molecular complexity index is 2780. The molecule has 2 aliphatic heterocycles. The Kier molecular flexibility index (Phi) is 18.0. The molecule has 0 fully saturated rings. The van der Waals surface area contributed by atoms with Crippen LogP contribution in [-0.4, -0.2) is 24.0 Å². The predicted molar refractivity (Wildman–Crippen MR) is 301 cm³/mol. The van der Waals surface area contributed by atoms with Gasteiger partial charge in [0.2, 0.25) is 0 Å². The van der Waals surface area contributed by atoms with Gasteiger partial charge in [-0.3, -0.25) is 4.99 Å². The van der Waals surface area contributed by atoms with Gasteiger partial charge < -0.3 is 13.9 Å². The molecular formula is C62H57Cl2NO3P2Pd. The summed E-state index contributed by atoms with van der Waals surface area (Å²) < 4.78 is 17.7. The largest absolute Gasteiger partial charge is 0.0622 e. The number of methoxy groups -OCH3 is 1. The van der Waals surface area contributed by atoms with Crippen LogP contribution in [0.2, 0.25) is 0 Å². The molecule has 0 bridgehead atoms. The summed E-state index contributed by atoms with van der Waals surface area (Å²) in [4.78, 5) is 5.22. The number of halogens is 2. The average molecular weight is 1100 g/mol. The van der Waals surface area contributed by atoms with Crippen molar-refractivity contribution >= 4 is 72.4 Å². The zero-order valence-electron chi connectivity index (χ0n) is 40.5. The van der Waals surface area contributed by atoms with Crippen molar-refractivity contribution in [3.8, 4) is 22.8 Å². The molecule has 362 valence electrons. The summed E-state index contributed by atoms with van der Waals surface area (Å²) in [5.41, 5.74) is 6.37. The van der Waals surface area contributed by atoms with E-state index in [2.05, 4.69) is 240 Å². The Labute approximate surface area is 438 Å². The Hall–Kier alpha value is -5.59. The number of furan rings is 1. The molecule has 3 heterocycles. The first-order valence-electron chi connectivity index (χ1n) is 23.5. The molecule has 0 atom stereocenters. The molecule has 9 aromatic rings. The van der Waals surface area contributed by atoms with Gasteiger partial charge in [0, 0.05) is 28.7 Å². The zero-order valence-corrected chi connectivity index (χ0v) is 45.3. The minimum atomic E-state index is -0.446. The summed E-state index contributed by atoms with van der Waals surface area (Å²) in [6, 6.07) is 79.1. The molecule has 0 aliphatic carbocycles. The number of benzene rings is 8. The molecule has 0 radical (unpaired) electrons. The topological polar surface area (TPSA) is 44.0 Å². The number of hydrogen-bond donors (Lipinski definition) is 0. The van der Waals surface area contributed by atoms with Crippen LogP contribution in [-0.2, 0) is 28.8 Å². The van der Waals surface area contributed by atoms with Gasteiger partial charge in [-0.25, -0.2) is 0 Å². The van der Waals surface area contributed by atoms with E-state index in [1.165, 1.54) is 48.5 Å². The van der Waals surface area contributed by atoms with E-state index in [1.54, 1.807) is 13.4 Å². The maximum Gasteiger partial charge on any atom is -0.0134 e. The molecule has 0 amide bonds. The third-order valence-corrected chi connectivity index (χ3v) is 16.8. The van der Waals surface area contributed by atoms with Crippen molar-refractivity contribution in [3.63, 3.8) is 0 Å². The van der Waals surface area contributed by atoms with Crippen molar-refractivity contribution in [3.05, 3.63) is 253 Å². The predicted octanol–water partition coefficient (Wildman–Crippen LogP) is 14.1. The summed E-state index contributed by atoms with van der Waals surface area (Å²) in [5.74, 6) is 2.53. The fourth-order valence-corrected chi connectivity index (χ4v) is 13.7. The number of nitrogens with zero attached hydrogens (tertiary/aromatic N) is 1. The number of fused-ring (bicyclic) bond motifs is 3. The van der Waals surface area contributed by atoms with Gasteiger partial charge in [0.15, 0.2) is 11.5 Å². The summed E-state index contributed by atoms with van der Waals surface area (Å²) in [5, 5.41) is 8.39. The quantitative estimate of drug-likeness (QED) is 0.107. The molecule has 0 spiro atoms. The van der Waals surface area contributed by atoms with E-state index in [1.807, 2.05) is 12.1 Å². The molecule has 0 N–H and O–H groups in total. The number of aliphatic imine (C=N–C) groups is 1. The molecule has 0 saturated heterocycles. The van der Waals surface area contributed by atoms with Crippen LogP contribution in [0.5, 0.6) is 11.5 Å². The summed E-state index contributed by atoms with van der Waals surface area (Å²) in [6.45, 7) is 8.62. The second kappa shape index (κ2) is 24.7. The second-order valence-corrected chi connectivity index (χ2v) is 25.0. The maximum absolute atomic E-state index is 6.31. The van der Waals surface area contributed by atoms with Gasteiger partial charge in [0.25, 0.3) is 0 Å². The van der Waals surface area contributed by atoms with Gasteiger partial charge >= 0.3 is 35.0 Å². The van der Waals surface area contributed by atoms with Crippen LogP contribution < -0.4 is 41.3 Å². The summed E-state index contributed by atoms with van der Waals surface area (Å²) in [7, 11) is 10.5. The SMILES string of the molecule is COc1cc2c(c3c1OC(C)(C)C3)C(c1cccc(-c3ccco3)c1)=NC(C)(C)C2.[Cl][Pd][Cl].c1ccc(P(c2ccccc2)c2ccccc2)cc1.c1ccc(P(c2ccccc2)c2ccccc2)cc1. The van der Waals surface area contributed by atoms with E-state index >= 15 is 0 Å². The Balaban J connectivity index is 0.000000144. The molecule has 11 rings (SSSR count). The van der Waals surface area contributed by atoms with Crippen LogP contribution >= 0.6 is 34.9 Å². The van der Waals surface area contributed by atoms with Crippen LogP contribution in [0.4, 0.5) is 0 Å². The van der Waals surface area contributed by atoms with E-state index in [0.717, 1.165) is 46.9 Å². The van der Waals surface area contributed by atoms with Crippen molar-refractivity contribution in [1.82, 2.24) is 0 Å². The first-order valence-corrected chi connectivity index (χ1v) is 30.2. The van der Waals surface area contributed by atoms with E-state index < -0.39 is 15.8 Å². The average Bonchev–Trinajstić information content (AvgIpc) is 4.06. The molecule has 9 heteroatoms. The van der Waals surface area contributed by atoms with Crippen LogP contribution in [0.1, 0.15) is 49.9 Å². The van der Waals surface area contributed by atoms with Gasteiger partial charge in [-0.05, 0) is 112 Å². The fraction of sp³-hybridized carbons (Fsp3) is 0.145. The van der Waals surface area contributed by atoms with E-state index in [9.17, 15) is 0 Å². The molecule has 71 heavy (non-hydrogen) atoms. The first-order chi connectivity index (χ1) is 34.6. The third-order valence-electron chi connectivity index (χ3n) is 11.9. The van der Waals surface area contributed by atoms with Gasteiger partial charge in [0.1, 0.15) is 11.4 Å². The first kappa shape index (κ1) is 51.8. The van der Waals surface area contributed by atoms with E-state index in [4.69, 9.17) is 37.9 Å². The molecule has 8 aromatic carbocycles. The van der Waals surface area contributed by atoms with Gasteiger partial charge in [0.05, 0.1) is 24.6 Å². The van der Waals surface area contributed by atoms with Crippen molar-refractivity contribution in [2.75, 3.05) is 7.11 Å². The third kappa shape index (κ3) is 13.3. The Morgan fingerprint density at radius 3 is 1.30 bits per heavy atom. The number of ether oxygens (including phenoxy) is 2. The molecule has 4 nitrogen and oxygen atoms in total. The van der Waals surface area contributed by atoms with Crippen LogP contribution in [0.3, 0.4) is 0 Å². The minimum Gasteiger partial charge on any atom is -0.0622 e. The molecular weight excluding hydrogens is 1050 g/mol. The number of rotatable bonds is 9. The Morgan fingerprint density at radius 2 is 0.915 bits per heavy atom. The normalized spacial score (nSPS) is 13.7. The van der Waals surface area contributed by atoms with E-state index in [-0.39, 0.29) is 27.1 Å². The monoisotopic (exact) mass is 1100 g/mol. The van der Waals surface area contributed by atoms with Gasteiger partial charge in [-0.2, -0.15) is 0 Å². The summed E-state index contributed by atoms with van der Waals surface area (Å²) >= 11 is -0.106. The molecule has 1 aromatic heterocycles. The van der Waals surface area contributed by atoms with Crippen LogP contribution in [0, 0.1) is 0 Å². The van der Waals surface area contributed by atoms with Crippen molar-refractivity contribution in [1.29, 1.82) is 0 Å². The van der Waals surface area contributed by atoms with Gasteiger partial charge in [-0.1, -0.05) is 200 Å². The minimum absolute atomic E-state index is 0.106.